The van der Waals surface area contributed by atoms with E-state index in [-0.39, 0.29) is 0 Å². The highest BCUT2D eigenvalue weighted by molar-refractivity contribution is 7.88. The molecule has 0 amide bonds. The Bertz CT molecular complexity index is 217. The van der Waals surface area contributed by atoms with Gasteiger partial charge < -0.3 is 0 Å². The zero-order valence-corrected chi connectivity index (χ0v) is 6.06. The molecular weight excluding hydrogens is 138 g/mol. The molecule has 52 valence electrons. The van der Waals surface area contributed by atoms with Gasteiger partial charge in [0.05, 0.1) is 6.26 Å². The van der Waals surface area contributed by atoms with Gasteiger partial charge in [-0.25, -0.2) is 8.42 Å². The van der Waals surface area contributed by atoms with Crippen LogP contribution in [0.15, 0.2) is 12.3 Å². The zero-order valence-electron chi connectivity index (χ0n) is 5.24. The van der Waals surface area contributed by atoms with E-state index in [0.717, 1.165) is 6.42 Å². The Hall–Kier alpha value is -0.510. The second kappa shape index (κ2) is 2.02. The van der Waals surface area contributed by atoms with E-state index in [9.17, 15) is 8.42 Å². The quantitative estimate of drug-likeness (QED) is 0.530. The summed E-state index contributed by atoms with van der Waals surface area (Å²) < 4.78 is 22.8. The first-order valence-electron chi connectivity index (χ1n) is 2.74. The van der Waals surface area contributed by atoms with Crippen LogP contribution < -0.4 is 0 Å². The Morgan fingerprint density at radius 2 is 2.22 bits per heavy atom. The monoisotopic (exact) mass is 147 g/mol. The summed E-state index contributed by atoms with van der Waals surface area (Å²) in [6.45, 7) is 0.610. The Labute approximate surface area is 55.0 Å². The van der Waals surface area contributed by atoms with Crippen molar-refractivity contribution in [1.29, 1.82) is 0 Å². The van der Waals surface area contributed by atoms with Crippen molar-refractivity contribution in [3.63, 3.8) is 0 Å². The molecule has 0 saturated carbocycles. The van der Waals surface area contributed by atoms with Crippen molar-refractivity contribution >= 4 is 10.0 Å². The minimum atomic E-state index is -2.96. The Kier molecular flexibility index (Phi) is 1.48. The molecule has 3 nitrogen and oxygen atoms in total. The molecular formula is C5H9NO2S. The molecule has 0 unspecified atom stereocenters. The molecule has 1 aliphatic heterocycles. The van der Waals surface area contributed by atoms with Crippen molar-refractivity contribution in [2.24, 2.45) is 0 Å². The summed E-state index contributed by atoms with van der Waals surface area (Å²) in [5.41, 5.74) is 0. The fourth-order valence-electron chi connectivity index (χ4n) is 0.745. The van der Waals surface area contributed by atoms with E-state index in [1.165, 1.54) is 10.6 Å². The maximum atomic E-state index is 10.7. The van der Waals surface area contributed by atoms with Crippen LogP contribution in [0.5, 0.6) is 0 Å². The summed E-state index contributed by atoms with van der Waals surface area (Å²) >= 11 is 0. The molecule has 9 heavy (non-hydrogen) atoms. The van der Waals surface area contributed by atoms with Crippen molar-refractivity contribution in [2.45, 2.75) is 6.42 Å². The van der Waals surface area contributed by atoms with Crippen LogP contribution >= 0.6 is 0 Å². The molecule has 4 heteroatoms. The first kappa shape index (κ1) is 6.61. The van der Waals surface area contributed by atoms with Gasteiger partial charge in [0.2, 0.25) is 10.0 Å². The van der Waals surface area contributed by atoms with Crippen molar-refractivity contribution in [1.82, 2.24) is 4.31 Å². The van der Waals surface area contributed by atoms with Crippen LogP contribution in [0.2, 0.25) is 0 Å². The van der Waals surface area contributed by atoms with Gasteiger partial charge in [-0.3, -0.25) is 4.31 Å². The Balaban J connectivity index is 2.76. The predicted octanol–water partition coefficient (Wildman–Crippen LogP) is 0.165. The van der Waals surface area contributed by atoms with Crippen LogP contribution in [0.4, 0.5) is 0 Å². The van der Waals surface area contributed by atoms with Crippen molar-refractivity contribution < 1.29 is 8.42 Å². The maximum absolute atomic E-state index is 10.7. The largest absolute Gasteiger partial charge is 0.277 e. The van der Waals surface area contributed by atoms with Gasteiger partial charge in [0.15, 0.2) is 0 Å². The lowest BCUT2D eigenvalue weighted by molar-refractivity contribution is 0.523. The van der Waals surface area contributed by atoms with Crippen LogP contribution in [-0.2, 0) is 10.0 Å². The van der Waals surface area contributed by atoms with E-state index in [2.05, 4.69) is 0 Å². The highest BCUT2D eigenvalue weighted by atomic mass is 32.2. The van der Waals surface area contributed by atoms with E-state index in [0.29, 0.717) is 6.54 Å². The molecule has 0 atom stereocenters. The van der Waals surface area contributed by atoms with Gasteiger partial charge in [0, 0.05) is 12.7 Å². The molecule has 0 spiro atoms. The highest BCUT2D eigenvalue weighted by Crippen LogP contribution is 2.07. The van der Waals surface area contributed by atoms with E-state index in [4.69, 9.17) is 0 Å². The Morgan fingerprint density at radius 3 is 2.44 bits per heavy atom. The predicted molar refractivity (Wildman–Crippen MR) is 35.3 cm³/mol. The first-order chi connectivity index (χ1) is 4.11. The van der Waals surface area contributed by atoms with Crippen molar-refractivity contribution in [2.75, 3.05) is 12.8 Å². The van der Waals surface area contributed by atoms with Gasteiger partial charge in [0.25, 0.3) is 0 Å². The second-order valence-electron chi connectivity index (χ2n) is 2.05. The molecule has 0 fully saturated rings. The molecule has 0 saturated heterocycles. The number of nitrogens with zero attached hydrogens (tertiary/aromatic N) is 1. The summed E-state index contributed by atoms with van der Waals surface area (Å²) in [6.07, 6.45) is 5.51. The summed E-state index contributed by atoms with van der Waals surface area (Å²) in [4.78, 5) is 0. The Morgan fingerprint density at radius 1 is 1.56 bits per heavy atom. The molecule has 0 aromatic carbocycles. The van der Waals surface area contributed by atoms with E-state index in [1.807, 2.05) is 6.08 Å². The number of hydrogen-bond donors (Lipinski definition) is 0. The van der Waals surface area contributed by atoms with E-state index < -0.39 is 10.0 Å². The smallest absolute Gasteiger partial charge is 0.231 e. The van der Waals surface area contributed by atoms with Crippen LogP contribution in [-0.4, -0.2) is 25.5 Å². The maximum Gasteiger partial charge on any atom is 0.231 e. The zero-order chi connectivity index (χ0) is 6.91. The van der Waals surface area contributed by atoms with Crippen molar-refractivity contribution in [3.05, 3.63) is 12.3 Å². The topological polar surface area (TPSA) is 37.4 Å². The normalized spacial score (nSPS) is 19.0. The van der Waals surface area contributed by atoms with Crippen LogP contribution in [0.1, 0.15) is 6.42 Å². The molecule has 0 N–H and O–H groups in total. The average Bonchev–Trinajstić information content (AvgIpc) is 2.08. The number of sulfonamides is 1. The molecule has 0 bridgehead atoms. The van der Waals surface area contributed by atoms with E-state index in [1.54, 1.807) is 6.20 Å². The fourth-order valence-corrected chi connectivity index (χ4v) is 1.49. The SMILES string of the molecule is CS(=O)(=O)N1C=CCC1. The summed E-state index contributed by atoms with van der Waals surface area (Å²) in [7, 11) is -2.96. The van der Waals surface area contributed by atoms with Gasteiger partial charge in [-0.1, -0.05) is 6.08 Å². The fraction of sp³-hybridized carbons (Fsp3) is 0.600. The molecule has 1 heterocycles. The minimum Gasteiger partial charge on any atom is -0.277 e. The van der Waals surface area contributed by atoms with Gasteiger partial charge in [-0.2, -0.15) is 0 Å². The summed E-state index contributed by atoms with van der Waals surface area (Å²) in [5, 5.41) is 0. The van der Waals surface area contributed by atoms with Gasteiger partial charge in [0.1, 0.15) is 0 Å². The van der Waals surface area contributed by atoms with Gasteiger partial charge in [-0.05, 0) is 6.42 Å². The molecule has 1 aliphatic rings. The molecule has 0 radical (unpaired) electrons. The molecule has 1 rings (SSSR count). The van der Waals surface area contributed by atoms with Gasteiger partial charge >= 0.3 is 0 Å². The highest BCUT2D eigenvalue weighted by Gasteiger charge is 2.13. The second-order valence-corrected chi connectivity index (χ2v) is 3.98. The molecule has 0 aromatic heterocycles. The third-order valence-electron chi connectivity index (χ3n) is 1.21. The molecule has 0 aromatic rings. The lowest BCUT2D eigenvalue weighted by Gasteiger charge is -2.10. The first-order valence-corrected chi connectivity index (χ1v) is 4.59. The standard InChI is InChI=1S/C5H9NO2S/c1-9(7,8)6-4-2-3-5-6/h2,4H,3,5H2,1H3. The number of hydrogen-bond acceptors (Lipinski definition) is 2. The molecule has 0 aliphatic carbocycles. The minimum absolute atomic E-state index is 0.610. The van der Waals surface area contributed by atoms with Crippen molar-refractivity contribution in [3.8, 4) is 0 Å². The third kappa shape index (κ3) is 1.45. The summed E-state index contributed by atoms with van der Waals surface area (Å²) in [5.74, 6) is 0. The average molecular weight is 147 g/mol. The van der Waals surface area contributed by atoms with Crippen LogP contribution in [0.25, 0.3) is 0 Å². The van der Waals surface area contributed by atoms with Crippen LogP contribution in [0, 0.1) is 0 Å². The summed E-state index contributed by atoms with van der Waals surface area (Å²) in [6, 6.07) is 0. The van der Waals surface area contributed by atoms with E-state index >= 15 is 0 Å². The van der Waals surface area contributed by atoms with Gasteiger partial charge in [-0.15, -0.1) is 0 Å². The lowest BCUT2D eigenvalue weighted by atomic mass is 10.5. The third-order valence-corrected chi connectivity index (χ3v) is 2.37. The van der Waals surface area contributed by atoms with Crippen LogP contribution in [0.3, 0.4) is 0 Å². The lowest BCUT2D eigenvalue weighted by Crippen LogP contribution is -2.21. The number of rotatable bonds is 1.